The predicted molar refractivity (Wildman–Crippen MR) is 101 cm³/mol. The van der Waals surface area contributed by atoms with Gasteiger partial charge in [0.25, 0.3) is 0 Å². The van der Waals surface area contributed by atoms with Gasteiger partial charge in [-0.05, 0) is 51.7 Å². The number of alkyl halides is 1. The molecule has 1 saturated carbocycles. The second-order valence-electron chi connectivity index (χ2n) is 9.68. The normalized spacial score (nSPS) is 26.1. The van der Waals surface area contributed by atoms with Gasteiger partial charge in [-0.25, -0.2) is 9.07 Å². The Morgan fingerprint density at radius 3 is 2.25 bits per heavy atom. The summed E-state index contributed by atoms with van der Waals surface area (Å²) < 4.78 is 22.8. The van der Waals surface area contributed by atoms with Gasteiger partial charge in [0, 0.05) is 12.0 Å². The molecule has 0 radical (unpaired) electrons. The van der Waals surface area contributed by atoms with Crippen LogP contribution < -0.4 is 5.73 Å². The van der Waals surface area contributed by atoms with Crippen LogP contribution in [-0.4, -0.2) is 30.4 Å². The van der Waals surface area contributed by atoms with Gasteiger partial charge >= 0.3 is 0 Å². The third-order valence-corrected chi connectivity index (χ3v) is 10.00. The van der Waals surface area contributed by atoms with Crippen LogP contribution >= 0.6 is 0 Å². The van der Waals surface area contributed by atoms with Crippen LogP contribution in [0.1, 0.15) is 66.0 Å². The van der Waals surface area contributed by atoms with Crippen LogP contribution in [0.15, 0.2) is 6.07 Å². The lowest BCUT2D eigenvalue weighted by Gasteiger charge is -2.38. The van der Waals surface area contributed by atoms with Gasteiger partial charge in [-0.1, -0.05) is 20.8 Å². The fourth-order valence-corrected chi connectivity index (χ4v) is 4.37. The molecule has 1 aliphatic rings. The van der Waals surface area contributed by atoms with Gasteiger partial charge in [0.05, 0.1) is 17.3 Å². The van der Waals surface area contributed by atoms with Crippen LogP contribution in [0.4, 0.5) is 10.2 Å². The predicted octanol–water partition coefficient (Wildman–Crippen LogP) is 4.83. The molecule has 0 amide bonds. The van der Waals surface area contributed by atoms with Gasteiger partial charge in [0.15, 0.2) is 8.32 Å². The molecule has 24 heavy (non-hydrogen) atoms. The molecule has 3 atom stereocenters. The lowest BCUT2D eigenvalue weighted by Crippen LogP contribution is -2.45. The summed E-state index contributed by atoms with van der Waals surface area (Å²) in [6.07, 6.45) is -0.0872. The second kappa shape index (κ2) is 6.13. The fraction of sp³-hybridized carbons (Fsp3) is 0.833. The number of hydrogen-bond acceptors (Lipinski definition) is 3. The molecule has 1 fully saturated rings. The molecular formula is C18H34FN3OSi. The van der Waals surface area contributed by atoms with E-state index in [1.54, 1.807) is 0 Å². The van der Waals surface area contributed by atoms with Crippen LogP contribution in [0.2, 0.25) is 18.1 Å². The van der Waals surface area contributed by atoms with Crippen LogP contribution in [0.5, 0.6) is 0 Å². The molecular weight excluding hydrogens is 321 g/mol. The maximum atomic E-state index is 14.6. The third kappa shape index (κ3) is 3.85. The van der Waals surface area contributed by atoms with E-state index in [0.29, 0.717) is 18.7 Å². The molecule has 0 aromatic carbocycles. The van der Waals surface area contributed by atoms with Crippen LogP contribution in [0.3, 0.4) is 0 Å². The number of halogens is 1. The maximum absolute atomic E-state index is 14.6. The van der Waals surface area contributed by atoms with Gasteiger partial charge in [0.1, 0.15) is 12.0 Å². The largest absolute Gasteiger partial charge is 0.411 e. The van der Waals surface area contributed by atoms with Gasteiger partial charge < -0.3 is 10.2 Å². The quantitative estimate of drug-likeness (QED) is 0.790. The molecule has 1 aromatic rings. The first-order valence-corrected chi connectivity index (χ1v) is 11.8. The van der Waals surface area contributed by atoms with Crippen molar-refractivity contribution in [3.05, 3.63) is 11.8 Å². The average Bonchev–Trinajstić information content (AvgIpc) is 2.91. The van der Waals surface area contributed by atoms with Crippen molar-refractivity contribution >= 4 is 14.1 Å². The topological polar surface area (TPSA) is 53.1 Å². The zero-order valence-corrected chi connectivity index (χ0v) is 17.5. The zero-order chi connectivity index (χ0) is 18.5. The number of nitrogen functional groups attached to an aromatic ring is 1. The van der Waals surface area contributed by atoms with Crippen molar-refractivity contribution in [3.63, 3.8) is 0 Å². The summed E-state index contributed by atoms with van der Waals surface area (Å²) in [7, 11) is -1.97. The molecule has 1 heterocycles. The summed E-state index contributed by atoms with van der Waals surface area (Å²) in [6, 6.07) is 1.90. The van der Waals surface area contributed by atoms with E-state index in [2.05, 4.69) is 59.7 Å². The molecule has 1 aromatic heterocycles. The summed E-state index contributed by atoms with van der Waals surface area (Å²) in [4.78, 5) is 0. The molecule has 2 N–H and O–H groups in total. The van der Waals surface area contributed by atoms with Crippen molar-refractivity contribution in [3.8, 4) is 0 Å². The first-order chi connectivity index (χ1) is 10.7. The van der Waals surface area contributed by atoms with Gasteiger partial charge in [-0.15, -0.1) is 0 Å². The highest BCUT2D eigenvalue weighted by Crippen LogP contribution is 2.43. The molecule has 4 nitrogen and oxygen atoms in total. The van der Waals surface area contributed by atoms with Crippen LogP contribution in [0, 0.1) is 0 Å². The van der Waals surface area contributed by atoms with E-state index in [4.69, 9.17) is 10.2 Å². The Morgan fingerprint density at radius 1 is 1.21 bits per heavy atom. The minimum atomic E-state index is -1.97. The number of hydrogen-bond donors (Lipinski definition) is 1. The first-order valence-electron chi connectivity index (χ1n) is 8.90. The molecule has 0 aliphatic heterocycles. The summed E-state index contributed by atoms with van der Waals surface area (Å²) in [5.41, 5.74) is 6.83. The van der Waals surface area contributed by atoms with Crippen molar-refractivity contribution in [2.75, 3.05) is 5.73 Å². The van der Waals surface area contributed by atoms with Gasteiger partial charge in [-0.3, -0.25) is 0 Å². The highest BCUT2D eigenvalue weighted by Gasteiger charge is 2.45. The molecule has 0 saturated heterocycles. The number of nitrogens with zero attached hydrogens (tertiary/aromatic N) is 2. The van der Waals surface area contributed by atoms with Crippen LogP contribution in [0.25, 0.3) is 0 Å². The minimum absolute atomic E-state index is 0.0840. The number of anilines is 1. The van der Waals surface area contributed by atoms with Crippen molar-refractivity contribution in [1.82, 2.24) is 9.78 Å². The first kappa shape index (κ1) is 19.4. The summed E-state index contributed by atoms with van der Waals surface area (Å²) >= 11 is 0. The van der Waals surface area contributed by atoms with Crippen molar-refractivity contribution in [2.24, 2.45) is 0 Å². The monoisotopic (exact) mass is 355 g/mol. The van der Waals surface area contributed by atoms with E-state index in [-0.39, 0.29) is 22.6 Å². The van der Waals surface area contributed by atoms with Gasteiger partial charge in [-0.2, -0.15) is 5.10 Å². The standard InChI is InChI=1S/C18H34FN3OSi/c1-17(2,3)22-16(20)11-14(21-22)12-9-13(19)15(10-12)23-24(7,8)18(4,5)6/h11-13,15H,9-10,20H2,1-8H3/t12-,13+,15-/m1/s1. The maximum Gasteiger partial charge on any atom is 0.192 e. The molecule has 2 rings (SSSR count). The van der Waals surface area contributed by atoms with Crippen molar-refractivity contribution in [1.29, 1.82) is 0 Å². The Morgan fingerprint density at radius 2 is 1.79 bits per heavy atom. The van der Waals surface area contributed by atoms with Crippen molar-refractivity contribution in [2.45, 2.75) is 96.2 Å². The van der Waals surface area contributed by atoms with E-state index in [9.17, 15) is 4.39 Å². The van der Waals surface area contributed by atoms with E-state index in [0.717, 1.165) is 5.69 Å². The summed E-state index contributed by atoms with van der Waals surface area (Å²) in [6.45, 7) is 17.1. The highest BCUT2D eigenvalue weighted by atomic mass is 28.4. The molecule has 0 spiro atoms. The average molecular weight is 356 g/mol. The summed E-state index contributed by atoms with van der Waals surface area (Å²) in [5.74, 6) is 0.724. The SMILES string of the molecule is CC(C)(C)n1nc([C@@H]2C[C@H](F)[C@H](O[Si](C)(C)C(C)(C)C)C2)cc1N. The molecule has 0 bridgehead atoms. The number of rotatable bonds is 3. The second-order valence-corrected chi connectivity index (χ2v) is 14.4. The van der Waals surface area contributed by atoms with Crippen LogP contribution in [-0.2, 0) is 9.96 Å². The number of nitrogens with two attached hydrogens (primary N) is 1. The lowest BCUT2D eigenvalue weighted by atomic mass is 10.0. The van der Waals surface area contributed by atoms with Gasteiger partial charge in [0.2, 0.25) is 0 Å². The lowest BCUT2D eigenvalue weighted by molar-refractivity contribution is 0.111. The molecule has 138 valence electrons. The van der Waals surface area contributed by atoms with E-state index in [1.807, 2.05) is 10.7 Å². The Balaban J connectivity index is 2.14. The zero-order valence-electron chi connectivity index (χ0n) is 16.5. The molecule has 6 heteroatoms. The Hall–Kier alpha value is -0.883. The number of aromatic nitrogens is 2. The minimum Gasteiger partial charge on any atom is -0.411 e. The van der Waals surface area contributed by atoms with E-state index >= 15 is 0 Å². The Labute approximate surface area is 147 Å². The van der Waals surface area contributed by atoms with Crippen molar-refractivity contribution < 1.29 is 8.82 Å². The molecule has 0 unspecified atom stereocenters. The Kier molecular flexibility index (Phi) is 4.96. The summed E-state index contributed by atoms with van der Waals surface area (Å²) in [5, 5.41) is 4.74. The fourth-order valence-electron chi connectivity index (χ4n) is 3.02. The molecule has 1 aliphatic carbocycles. The Bertz CT molecular complexity index is 586. The van der Waals surface area contributed by atoms with E-state index < -0.39 is 14.5 Å². The highest BCUT2D eigenvalue weighted by molar-refractivity contribution is 6.74. The smallest absolute Gasteiger partial charge is 0.192 e. The third-order valence-electron chi connectivity index (χ3n) is 5.49. The van der Waals surface area contributed by atoms with E-state index in [1.165, 1.54) is 0 Å².